The molecule has 2 aliphatic heterocycles. The van der Waals surface area contributed by atoms with Gasteiger partial charge in [-0.15, -0.1) is 0 Å². The number of carbonyl (C=O) groups excluding carboxylic acids is 5. The van der Waals surface area contributed by atoms with Gasteiger partial charge in [-0.05, 0) is 54.8 Å². The molecule has 4 N–H and O–H groups in total. The van der Waals surface area contributed by atoms with E-state index in [1.807, 2.05) is 30.3 Å². The molecule has 0 spiro atoms. The molecule has 1 saturated heterocycles. The summed E-state index contributed by atoms with van der Waals surface area (Å²) in [6, 6.07) is 16.4. The molecule has 0 saturated carbocycles. The first kappa shape index (κ1) is 32.1. The number of aryl methyl sites for hydroxylation is 2. The Morgan fingerprint density at radius 2 is 1.61 bits per heavy atom. The number of rotatable bonds is 9. The predicted molar refractivity (Wildman–Crippen MR) is 165 cm³/mol. The van der Waals surface area contributed by atoms with Gasteiger partial charge in [0.1, 0.15) is 31.0 Å². The predicted octanol–water partition coefficient (Wildman–Crippen LogP) is 1.45. The first-order valence-corrected chi connectivity index (χ1v) is 14.6. The second-order valence-electron chi connectivity index (χ2n) is 11.1. The summed E-state index contributed by atoms with van der Waals surface area (Å²) < 4.78 is 11.0. The molecule has 1 unspecified atom stereocenters. The van der Waals surface area contributed by atoms with Gasteiger partial charge in [0.15, 0.2) is 0 Å². The molecular weight excluding hydrogens is 596 g/mol. The van der Waals surface area contributed by atoms with Crippen LogP contribution in [0, 0.1) is 13.8 Å². The van der Waals surface area contributed by atoms with Crippen LogP contribution in [0.2, 0.25) is 0 Å². The van der Waals surface area contributed by atoms with Crippen molar-refractivity contribution in [1.29, 1.82) is 0 Å². The highest BCUT2D eigenvalue weighted by atomic mass is 16.7. The van der Waals surface area contributed by atoms with Gasteiger partial charge in [-0.1, -0.05) is 42.5 Å². The molecule has 2 aliphatic rings. The zero-order valence-electron chi connectivity index (χ0n) is 25.3. The molecule has 3 aromatic rings. The number of benzene rings is 3. The van der Waals surface area contributed by atoms with Crippen molar-refractivity contribution in [2.24, 2.45) is 0 Å². The number of esters is 1. The summed E-state index contributed by atoms with van der Waals surface area (Å²) in [5, 5.41) is 25.2. The number of aromatic hydroxyl groups is 1. The van der Waals surface area contributed by atoms with Gasteiger partial charge < -0.3 is 35.2 Å². The minimum atomic E-state index is -1.32. The fraction of sp³-hybridized carbons (Fsp3) is 0.303. The number of amides is 4. The summed E-state index contributed by atoms with van der Waals surface area (Å²) in [6.45, 7) is 1.69. The van der Waals surface area contributed by atoms with E-state index in [-0.39, 0.29) is 42.3 Å². The quantitative estimate of drug-likeness (QED) is 0.255. The zero-order valence-corrected chi connectivity index (χ0v) is 25.3. The Labute approximate surface area is 264 Å². The standard InChI is InChI=1S/C33H34N4O9/c1-19-12-22(13-20(2)30(19)42)31(43)35-24-15-36(28(40)17-38)25-10-6-7-11-26(25)37(32(24)44)16-27(39)34-23-14-29(41)46-33(23)45-18-21-8-4-3-5-9-21/h3-13,23-24,33,38,42H,14-18H2,1-2H3,(H,34,39)(H,35,43)/t23-,24-,33?/m0/s1. The van der Waals surface area contributed by atoms with Gasteiger partial charge in [0.25, 0.3) is 17.7 Å². The van der Waals surface area contributed by atoms with Crippen LogP contribution in [0.4, 0.5) is 11.4 Å². The SMILES string of the molecule is Cc1cc(C(=O)N[C@H]2CN(C(=O)CO)c3ccccc3N(CC(=O)N[C@H]3CC(=O)OC3OCc3ccccc3)C2=O)cc(C)c1O. The van der Waals surface area contributed by atoms with Crippen molar-refractivity contribution in [1.82, 2.24) is 10.6 Å². The van der Waals surface area contributed by atoms with E-state index in [4.69, 9.17) is 9.47 Å². The maximum absolute atomic E-state index is 14.1. The lowest BCUT2D eigenvalue weighted by Gasteiger charge is -2.26. The van der Waals surface area contributed by atoms with E-state index in [9.17, 15) is 34.2 Å². The average molecular weight is 631 g/mol. The molecule has 0 aliphatic carbocycles. The molecule has 2 heterocycles. The topological polar surface area (TPSA) is 175 Å². The summed E-state index contributed by atoms with van der Waals surface area (Å²) in [7, 11) is 0. The molecule has 5 rings (SSSR count). The van der Waals surface area contributed by atoms with Gasteiger partial charge in [-0.25, -0.2) is 0 Å². The third kappa shape index (κ3) is 7.00. The molecule has 13 heteroatoms. The number of anilines is 2. The van der Waals surface area contributed by atoms with Gasteiger partial charge in [0, 0.05) is 5.56 Å². The average Bonchev–Trinajstić information content (AvgIpc) is 3.35. The third-order valence-electron chi connectivity index (χ3n) is 7.76. The highest BCUT2D eigenvalue weighted by Gasteiger charge is 2.40. The van der Waals surface area contributed by atoms with Gasteiger partial charge in [-0.2, -0.15) is 0 Å². The van der Waals surface area contributed by atoms with Crippen molar-refractivity contribution in [2.45, 2.75) is 45.2 Å². The fourth-order valence-corrected chi connectivity index (χ4v) is 5.46. The number of phenolic OH excluding ortho intramolecular Hbond substituents is 1. The number of aliphatic hydroxyl groups excluding tert-OH is 1. The molecule has 0 bridgehead atoms. The molecule has 240 valence electrons. The number of hydrogen-bond acceptors (Lipinski definition) is 9. The molecule has 3 aromatic carbocycles. The van der Waals surface area contributed by atoms with E-state index in [0.29, 0.717) is 11.1 Å². The molecule has 46 heavy (non-hydrogen) atoms. The van der Waals surface area contributed by atoms with Crippen molar-refractivity contribution in [3.63, 3.8) is 0 Å². The van der Waals surface area contributed by atoms with Crippen molar-refractivity contribution in [3.05, 3.63) is 89.0 Å². The minimum absolute atomic E-state index is 0.0384. The van der Waals surface area contributed by atoms with Crippen LogP contribution in [-0.2, 0) is 35.3 Å². The molecule has 3 atom stereocenters. The van der Waals surface area contributed by atoms with Gasteiger partial charge in [0.2, 0.25) is 12.2 Å². The van der Waals surface area contributed by atoms with Gasteiger partial charge in [-0.3, -0.25) is 28.9 Å². The number of carbonyl (C=O) groups is 5. The van der Waals surface area contributed by atoms with E-state index in [1.165, 1.54) is 17.0 Å². The molecular formula is C33H34N4O9. The first-order valence-electron chi connectivity index (χ1n) is 14.6. The molecule has 0 aromatic heterocycles. The van der Waals surface area contributed by atoms with Crippen LogP contribution in [0.5, 0.6) is 5.75 Å². The van der Waals surface area contributed by atoms with Crippen molar-refractivity contribution >= 4 is 41.0 Å². The lowest BCUT2D eigenvalue weighted by Crippen LogP contribution is -2.55. The Hall–Kier alpha value is -5.27. The van der Waals surface area contributed by atoms with Gasteiger partial charge in [0.05, 0.1) is 30.9 Å². The zero-order chi connectivity index (χ0) is 33.0. The molecule has 1 fully saturated rings. The Morgan fingerprint density at radius 3 is 2.28 bits per heavy atom. The van der Waals surface area contributed by atoms with Gasteiger partial charge >= 0.3 is 5.97 Å². The second kappa shape index (κ2) is 13.8. The number of cyclic esters (lactones) is 1. The lowest BCUT2D eigenvalue weighted by molar-refractivity contribution is -0.168. The summed E-state index contributed by atoms with van der Waals surface area (Å²) in [5.41, 5.74) is 2.39. The normalized spacial score (nSPS) is 19.2. The minimum Gasteiger partial charge on any atom is -0.507 e. The van der Waals surface area contributed by atoms with Crippen LogP contribution in [0.1, 0.15) is 33.5 Å². The number of para-hydroxylation sites is 2. The Morgan fingerprint density at radius 1 is 0.957 bits per heavy atom. The summed E-state index contributed by atoms with van der Waals surface area (Å²) in [6.07, 6.45) is -1.19. The number of phenols is 1. The van der Waals surface area contributed by atoms with E-state index >= 15 is 0 Å². The highest BCUT2D eigenvalue weighted by molar-refractivity contribution is 6.11. The molecule has 4 amide bonds. The maximum atomic E-state index is 14.1. The number of aliphatic hydroxyl groups is 1. The van der Waals surface area contributed by atoms with Crippen LogP contribution >= 0.6 is 0 Å². The number of hydrogen-bond donors (Lipinski definition) is 4. The monoisotopic (exact) mass is 630 g/mol. The second-order valence-corrected chi connectivity index (χ2v) is 11.1. The highest BCUT2D eigenvalue weighted by Crippen LogP contribution is 2.33. The van der Waals surface area contributed by atoms with E-state index in [1.54, 1.807) is 38.1 Å². The van der Waals surface area contributed by atoms with Crippen LogP contribution in [0.3, 0.4) is 0 Å². The molecule has 0 radical (unpaired) electrons. The van der Waals surface area contributed by atoms with Crippen LogP contribution in [0.25, 0.3) is 0 Å². The summed E-state index contributed by atoms with van der Waals surface area (Å²) in [5.74, 6) is -3.21. The van der Waals surface area contributed by atoms with Crippen LogP contribution < -0.4 is 20.4 Å². The first-order chi connectivity index (χ1) is 22.0. The maximum Gasteiger partial charge on any atom is 0.310 e. The Balaban J connectivity index is 1.38. The van der Waals surface area contributed by atoms with E-state index in [0.717, 1.165) is 10.5 Å². The fourth-order valence-electron chi connectivity index (χ4n) is 5.46. The number of nitrogens with one attached hydrogen (secondary N) is 2. The number of ether oxygens (including phenoxy) is 2. The number of nitrogens with zero attached hydrogens (tertiary/aromatic N) is 2. The van der Waals surface area contributed by atoms with Crippen molar-refractivity contribution < 1.29 is 43.7 Å². The van der Waals surface area contributed by atoms with E-state index in [2.05, 4.69) is 10.6 Å². The third-order valence-corrected chi connectivity index (χ3v) is 7.76. The summed E-state index contributed by atoms with van der Waals surface area (Å²) in [4.78, 5) is 68.2. The lowest BCUT2D eigenvalue weighted by atomic mass is 10.0. The Kier molecular flexibility index (Phi) is 9.64. The Bertz CT molecular complexity index is 1640. The van der Waals surface area contributed by atoms with Crippen LogP contribution in [-0.4, -0.2) is 77.9 Å². The smallest absolute Gasteiger partial charge is 0.310 e. The molecule has 13 nitrogen and oxygen atoms in total. The van der Waals surface area contributed by atoms with Crippen molar-refractivity contribution in [2.75, 3.05) is 29.5 Å². The largest absolute Gasteiger partial charge is 0.507 e. The van der Waals surface area contributed by atoms with E-state index < -0.39 is 61.1 Å². The summed E-state index contributed by atoms with van der Waals surface area (Å²) >= 11 is 0. The van der Waals surface area contributed by atoms with Crippen LogP contribution in [0.15, 0.2) is 66.7 Å². The van der Waals surface area contributed by atoms with Crippen molar-refractivity contribution in [3.8, 4) is 5.75 Å². The number of fused-ring (bicyclic) bond motifs is 1.